The molecule has 0 aliphatic rings. The molecule has 1 aromatic heterocycles. The quantitative estimate of drug-likeness (QED) is 0.704. The van der Waals surface area contributed by atoms with Gasteiger partial charge in [0.05, 0.1) is 0 Å². The molecule has 138 valence electrons. The maximum absolute atomic E-state index is 12.4. The molecule has 0 aliphatic heterocycles. The van der Waals surface area contributed by atoms with Gasteiger partial charge in [0.25, 0.3) is 5.91 Å². The van der Waals surface area contributed by atoms with Gasteiger partial charge in [0.1, 0.15) is 5.82 Å². The first kappa shape index (κ1) is 18.4. The van der Waals surface area contributed by atoms with Crippen molar-refractivity contribution in [3.8, 4) is 0 Å². The topological polar surface area (TPSA) is 76.0 Å². The van der Waals surface area contributed by atoms with E-state index in [1.54, 1.807) is 13.1 Å². The monoisotopic (exact) mass is 362 g/mol. The van der Waals surface area contributed by atoms with Crippen LogP contribution in [0.25, 0.3) is 0 Å². The summed E-state index contributed by atoms with van der Waals surface area (Å²) < 4.78 is 1.49. The first-order valence-corrected chi connectivity index (χ1v) is 8.77. The predicted molar refractivity (Wildman–Crippen MR) is 106 cm³/mol. The summed E-state index contributed by atoms with van der Waals surface area (Å²) in [6.45, 7) is 1.98. The highest BCUT2D eigenvalue weighted by atomic mass is 16.2. The van der Waals surface area contributed by atoms with Crippen LogP contribution in [0.1, 0.15) is 28.0 Å². The van der Waals surface area contributed by atoms with Gasteiger partial charge in [0, 0.05) is 25.2 Å². The minimum Gasteiger partial charge on any atom is -0.321 e. The van der Waals surface area contributed by atoms with Crippen LogP contribution >= 0.6 is 0 Å². The number of aromatic nitrogens is 2. The zero-order valence-corrected chi connectivity index (χ0v) is 15.4. The minimum atomic E-state index is -0.320. The van der Waals surface area contributed by atoms with Crippen molar-refractivity contribution >= 4 is 23.3 Å². The molecule has 0 radical (unpaired) electrons. The smallest absolute Gasteiger partial charge is 0.276 e. The Morgan fingerprint density at radius 2 is 1.70 bits per heavy atom. The molecular weight excluding hydrogens is 340 g/mol. The van der Waals surface area contributed by atoms with E-state index >= 15 is 0 Å². The number of amides is 2. The van der Waals surface area contributed by atoms with Crippen molar-refractivity contribution in [1.29, 1.82) is 0 Å². The normalized spacial score (nSPS) is 10.4. The molecule has 27 heavy (non-hydrogen) atoms. The van der Waals surface area contributed by atoms with Gasteiger partial charge in [-0.05, 0) is 31.0 Å². The van der Waals surface area contributed by atoms with Crippen LogP contribution in [-0.4, -0.2) is 21.6 Å². The Morgan fingerprint density at radius 3 is 2.41 bits per heavy atom. The molecule has 0 aliphatic carbocycles. The Morgan fingerprint density at radius 1 is 1.00 bits per heavy atom. The maximum Gasteiger partial charge on any atom is 0.276 e. The van der Waals surface area contributed by atoms with Gasteiger partial charge in [0.15, 0.2) is 5.69 Å². The molecule has 2 amide bonds. The van der Waals surface area contributed by atoms with Crippen molar-refractivity contribution < 1.29 is 9.59 Å². The van der Waals surface area contributed by atoms with E-state index in [2.05, 4.69) is 15.7 Å². The van der Waals surface area contributed by atoms with Crippen molar-refractivity contribution in [2.24, 2.45) is 7.05 Å². The summed E-state index contributed by atoms with van der Waals surface area (Å²) in [5, 5.41) is 9.79. The van der Waals surface area contributed by atoms with Crippen LogP contribution < -0.4 is 10.6 Å². The fourth-order valence-corrected chi connectivity index (χ4v) is 2.64. The van der Waals surface area contributed by atoms with Gasteiger partial charge in [-0.3, -0.25) is 14.3 Å². The highest BCUT2D eigenvalue weighted by Gasteiger charge is 2.14. The summed E-state index contributed by atoms with van der Waals surface area (Å²) in [6.07, 6.45) is 1.02. The van der Waals surface area contributed by atoms with Crippen molar-refractivity contribution in [1.82, 2.24) is 9.78 Å². The molecule has 0 unspecified atom stereocenters. The summed E-state index contributed by atoms with van der Waals surface area (Å²) in [6, 6.07) is 18.9. The van der Waals surface area contributed by atoms with E-state index in [0.717, 1.165) is 11.1 Å². The second kappa shape index (κ2) is 8.31. The molecule has 2 aromatic carbocycles. The van der Waals surface area contributed by atoms with Gasteiger partial charge in [0.2, 0.25) is 5.91 Å². The molecule has 0 atom stereocenters. The van der Waals surface area contributed by atoms with Gasteiger partial charge in [-0.15, -0.1) is 0 Å². The molecule has 3 aromatic rings. The van der Waals surface area contributed by atoms with Crippen LogP contribution in [-0.2, 0) is 18.3 Å². The van der Waals surface area contributed by atoms with Crippen molar-refractivity contribution in [3.63, 3.8) is 0 Å². The SMILES string of the molecule is Cc1ccc(NC(=O)c2cc(NC(=O)CCc3ccccc3)n(C)n2)cc1. The summed E-state index contributed by atoms with van der Waals surface area (Å²) in [5.74, 6) is 0.0497. The Hall–Kier alpha value is -3.41. The highest BCUT2D eigenvalue weighted by molar-refractivity contribution is 6.03. The van der Waals surface area contributed by atoms with Crippen molar-refractivity contribution in [2.75, 3.05) is 10.6 Å². The van der Waals surface area contributed by atoms with Gasteiger partial charge < -0.3 is 10.6 Å². The first-order valence-electron chi connectivity index (χ1n) is 8.77. The van der Waals surface area contributed by atoms with Gasteiger partial charge >= 0.3 is 0 Å². The van der Waals surface area contributed by atoms with E-state index in [-0.39, 0.29) is 17.5 Å². The lowest BCUT2D eigenvalue weighted by atomic mass is 10.1. The molecule has 1 heterocycles. The number of nitrogens with one attached hydrogen (secondary N) is 2. The van der Waals surface area contributed by atoms with E-state index in [1.807, 2.05) is 61.5 Å². The molecule has 0 saturated carbocycles. The van der Waals surface area contributed by atoms with E-state index < -0.39 is 0 Å². The summed E-state index contributed by atoms with van der Waals surface area (Å²) in [7, 11) is 1.69. The number of hydrogen-bond acceptors (Lipinski definition) is 3. The molecule has 2 N–H and O–H groups in total. The average Bonchev–Trinajstić information content (AvgIpc) is 3.03. The number of rotatable bonds is 6. The van der Waals surface area contributed by atoms with Crippen LogP contribution in [0.2, 0.25) is 0 Å². The number of anilines is 2. The van der Waals surface area contributed by atoms with Gasteiger partial charge in [-0.25, -0.2) is 0 Å². The average molecular weight is 362 g/mol. The Bertz CT molecular complexity index is 931. The van der Waals surface area contributed by atoms with Gasteiger partial charge in [-0.1, -0.05) is 48.0 Å². The van der Waals surface area contributed by atoms with Crippen molar-refractivity contribution in [3.05, 3.63) is 77.5 Å². The number of nitrogens with zero attached hydrogens (tertiary/aromatic N) is 2. The lowest BCUT2D eigenvalue weighted by Crippen LogP contribution is -2.14. The second-order valence-electron chi connectivity index (χ2n) is 6.39. The third kappa shape index (κ3) is 5.04. The number of benzene rings is 2. The summed E-state index contributed by atoms with van der Waals surface area (Å²) >= 11 is 0. The third-order valence-electron chi connectivity index (χ3n) is 4.17. The lowest BCUT2D eigenvalue weighted by molar-refractivity contribution is -0.116. The zero-order chi connectivity index (χ0) is 19.2. The fraction of sp³-hybridized carbons (Fsp3) is 0.190. The second-order valence-corrected chi connectivity index (χ2v) is 6.39. The molecule has 6 nitrogen and oxygen atoms in total. The molecular formula is C21H22N4O2. The van der Waals surface area contributed by atoms with Crippen LogP contribution in [0.15, 0.2) is 60.7 Å². The summed E-state index contributed by atoms with van der Waals surface area (Å²) in [5.41, 5.74) is 3.17. The van der Waals surface area contributed by atoms with Crippen molar-refractivity contribution in [2.45, 2.75) is 19.8 Å². The van der Waals surface area contributed by atoms with Gasteiger partial charge in [-0.2, -0.15) is 5.10 Å². The highest BCUT2D eigenvalue weighted by Crippen LogP contribution is 2.14. The van der Waals surface area contributed by atoms with E-state index in [0.29, 0.717) is 24.3 Å². The maximum atomic E-state index is 12.4. The molecule has 0 spiro atoms. The third-order valence-corrected chi connectivity index (χ3v) is 4.17. The minimum absolute atomic E-state index is 0.118. The zero-order valence-electron chi connectivity index (χ0n) is 15.4. The Balaban J connectivity index is 1.59. The van der Waals surface area contributed by atoms with E-state index in [4.69, 9.17) is 0 Å². The molecule has 0 saturated heterocycles. The lowest BCUT2D eigenvalue weighted by Gasteiger charge is -2.05. The van der Waals surface area contributed by atoms with Crippen LogP contribution in [0, 0.1) is 6.92 Å². The molecule has 3 rings (SSSR count). The molecule has 0 bridgehead atoms. The largest absolute Gasteiger partial charge is 0.321 e. The van der Waals surface area contributed by atoms with Crippen LogP contribution in [0.4, 0.5) is 11.5 Å². The van der Waals surface area contributed by atoms with E-state index in [9.17, 15) is 9.59 Å². The number of carbonyl (C=O) groups excluding carboxylic acids is 2. The van der Waals surface area contributed by atoms with Crippen LogP contribution in [0.3, 0.4) is 0 Å². The fourth-order valence-electron chi connectivity index (χ4n) is 2.64. The molecule has 6 heteroatoms. The standard InChI is InChI=1S/C21H22N4O2/c1-15-8-11-17(12-9-15)22-21(27)18-14-19(25(2)24-18)23-20(26)13-10-16-6-4-3-5-7-16/h3-9,11-12,14H,10,13H2,1-2H3,(H,22,27)(H,23,26). The first-order chi connectivity index (χ1) is 13.0. The molecule has 0 fully saturated rings. The number of carbonyl (C=O) groups is 2. The van der Waals surface area contributed by atoms with Crippen LogP contribution in [0.5, 0.6) is 0 Å². The Kier molecular flexibility index (Phi) is 5.66. The number of aryl methyl sites for hydroxylation is 3. The number of hydrogen-bond donors (Lipinski definition) is 2. The van der Waals surface area contributed by atoms with E-state index in [1.165, 1.54) is 4.68 Å². The predicted octanol–water partition coefficient (Wildman–Crippen LogP) is 3.55. The Labute approximate surface area is 158 Å². The summed E-state index contributed by atoms with van der Waals surface area (Å²) in [4.78, 5) is 24.5.